The molecule has 0 fully saturated rings. The molecular formula is C18H30N2O. The number of unbranched alkanes of at least 4 members (excludes halogenated alkanes) is 4. The van der Waals surface area contributed by atoms with Gasteiger partial charge in [-0.2, -0.15) is 0 Å². The molecule has 0 atom stereocenters. The van der Waals surface area contributed by atoms with Crippen LogP contribution in [0.1, 0.15) is 57.9 Å². The lowest BCUT2D eigenvalue weighted by Crippen LogP contribution is -2.34. The van der Waals surface area contributed by atoms with Gasteiger partial charge in [-0.05, 0) is 30.5 Å². The van der Waals surface area contributed by atoms with Crippen molar-refractivity contribution in [1.82, 2.24) is 4.90 Å². The molecule has 0 heterocycles. The first kappa shape index (κ1) is 17.5. The van der Waals surface area contributed by atoms with Crippen molar-refractivity contribution in [2.75, 3.05) is 18.8 Å². The molecule has 21 heavy (non-hydrogen) atoms. The highest BCUT2D eigenvalue weighted by Crippen LogP contribution is 2.10. The maximum atomic E-state index is 12.5. The summed E-state index contributed by atoms with van der Waals surface area (Å²) in [5, 5.41) is 0. The molecule has 0 saturated heterocycles. The maximum absolute atomic E-state index is 12.5. The highest BCUT2D eigenvalue weighted by atomic mass is 16.2. The fourth-order valence-electron chi connectivity index (χ4n) is 2.39. The fourth-order valence-corrected chi connectivity index (χ4v) is 2.39. The number of rotatable bonds is 10. The van der Waals surface area contributed by atoms with Crippen molar-refractivity contribution in [1.29, 1.82) is 0 Å². The first-order valence-electron chi connectivity index (χ1n) is 8.29. The van der Waals surface area contributed by atoms with Gasteiger partial charge in [-0.15, -0.1) is 0 Å². The van der Waals surface area contributed by atoms with E-state index in [0.29, 0.717) is 6.42 Å². The second-order valence-electron chi connectivity index (χ2n) is 5.71. The zero-order valence-electron chi connectivity index (χ0n) is 13.6. The molecule has 0 saturated carbocycles. The number of amides is 1. The molecule has 1 amide bonds. The molecular weight excluding hydrogens is 260 g/mol. The predicted octanol–water partition coefficient (Wildman–Crippen LogP) is 4.02. The van der Waals surface area contributed by atoms with Crippen molar-refractivity contribution >= 4 is 11.6 Å². The van der Waals surface area contributed by atoms with E-state index in [1.807, 2.05) is 29.2 Å². The van der Waals surface area contributed by atoms with Gasteiger partial charge in [-0.3, -0.25) is 4.79 Å². The molecule has 0 bridgehead atoms. The Bertz CT molecular complexity index is 390. The number of hydrogen-bond acceptors (Lipinski definition) is 2. The Kier molecular flexibility index (Phi) is 8.56. The van der Waals surface area contributed by atoms with E-state index >= 15 is 0 Å². The summed E-state index contributed by atoms with van der Waals surface area (Å²) in [6, 6.07) is 7.62. The van der Waals surface area contributed by atoms with Gasteiger partial charge in [0, 0.05) is 18.8 Å². The molecule has 118 valence electrons. The number of carbonyl (C=O) groups excluding carboxylic acids is 1. The van der Waals surface area contributed by atoms with Gasteiger partial charge in [0.2, 0.25) is 5.91 Å². The predicted molar refractivity (Wildman–Crippen MR) is 90.2 cm³/mol. The van der Waals surface area contributed by atoms with E-state index < -0.39 is 0 Å². The van der Waals surface area contributed by atoms with Gasteiger partial charge in [0.25, 0.3) is 0 Å². The second kappa shape index (κ2) is 10.3. The van der Waals surface area contributed by atoms with E-state index in [9.17, 15) is 4.79 Å². The van der Waals surface area contributed by atoms with Crippen LogP contribution in [0.25, 0.3) is 0 Å². The lowest BCUT2D eigenvalue weighted by molar-refractivity contribution is -0.130. The number of nitrogen functional groups attached to an aromatic ring is 1. The Morgan fingerprint density at radius 3 is 1.95 bits per heavy atom. The fraction of sp³-hybridized carbons (Fsp3) is 0.611. The molecule has 1 rings (SSSR count). The molecule has 0 aliphatic heterocycles. The minimum atomic E-state index is 0.243. The minimum Gasteiger partial charge on any atom is -0.399 e. The topological polar surface area (TPSA) is 46.3 Å². The van der Waals surface area contributed by atoms with Crippen molar-refractivity contribution < 1.29 is 4.79 Å². The summed E-state index contributed by atoms with van der Waals surface area (Å²) >= 11 is 0. The second-order valence-corrected chi connectivity index (χ2v) is 5.71. The van der Waals surface area contributed by atoms with Crippen LogP contribution in [0.15, 0.2) is 24.3 Å². The largest absolute Gasteiger partial charge is 0.399 e. The number of anilines is 1. The van der Waals surface area contributed by atoms with Crippen LogP contribution in [-0.2, 0) is 11.2 Å². The van der Waals surface area contributed by atoms with Gasteiger partial charge in [0.1, 0.15) is 0 Å². The summed E-state index contributed by atoms with van der Waals surface area (Å²) in [4.78, 5) is 14.5. The molecule has 0 aliphatic rings. The molecule has 3 heteroatoms. The van der Waals surface area contributed by atoms with Gasteiger partial charge in [0.15, 0.2) is 0 Å². The smallest absolute Gasteiger partial charge is 0.226 e. The zero-order valence-corrected chi connectivity index (χ0v) is 13.6. The number of carbonyl (C=O) groups is 1. The normalized spacial score (nSPS) is 10.6. The standard InChI is InChI=1S/C18H30N2O/c1-3-5-7-13-20(14-8-6-4-2)18(21)15-16-9-11-17(19)12-10-16/h9-12H,3-8,13-15,19H2,1-2H3. The van der Waals surface area contributed by atoms with Crippen LogP contribution < -0.4 is 5.73 Å². The SMILES string of the molecule is CCCCCN(CCCCC)C(=O)Cc1ccc(N)cc1. The van der Waals surface area contributed by atoms with Gasteiger partial charge >= 0.3 is 0 Å². The summed E-state index contributed by atoms with van der Waals surface area (Å²) < 4.78 is 0. The van der Waals surface area contributed by atoms with Crippen LogP contribution in [0.4, 0.5) is 5.69 Å². The van der Waals surface area contributed by atoms with E-state index in [1.54, 1.807) is 0 Å². The van der Waals surface area contributed by atoms with Crippen molar-refractivity contribution in [3.8, 4) is 0 Å². The average molecular weight is 290 g/mol. The van der Waals surface area contributed by atoms with Crippen molar-refractivity contribution in [3.63, 3.8) is 0 Å². The monoisotopic (exact) mass is 290 g/mol. The Morgan fingerprint density at radius 2 is 1.48 bits per heavy atom. The molecule has 0 unspecified atom stereocenters. The first-order chi connectivity index (χ1) is 10.2. The Hall–Kier alpha value is -1.51. The van der Waals surface area contributed by atoms with Crippen LogP contribution in [0.3, 0.4) is 0 Å². The van der Waals surface area contributed by atoms with E-state index in [0.717, 1.165) is 37.2 Å². The molecule has 3 nitrogen and oxygen atoms in total. The van der Waals surface area contributed by atoms with Gasteiger partial charge < -0.3 is 10.6 Å². The van der Waals surface area contributed by atoms with Gasteiger partial charge in [0.05, 0.1) is 6.42 Å². The summed E-state index contributed by atoms with van der Waals surface area (Å²) in [7, 11) is 0. The van der Waals surface area contributed by atoms with E-state index in [2.05, 4.69) is 13.8 Å². The molecule has 0 radical (unpaired) electrons. The highest BCUT2D eigenvalue weighted by molar-refractivity contribution is 5.78. The third-order valence-electron chi connectivity index (χ3n) is 3.75. The van der Waals surface area contributed by atoms with E-state index in [-0.39, 0.29) is 5.91 Å². The summed E-state index contributed by atoms with van der Waals surface area (Å²) in [5.74, 6) is 0.243. The Morgan fingerprint density at radius 1 is 0.952 bits per heavy atom. The lowest BCUT2D eigenvalue weighted by Gasteiger charge is -2.23. The summed E-state index contributed by atoms with van der Waals surface area (Å²) in [6.07, 6.45) is 7.47. The first-order valence-corrected chi connectivity index (χ1v) is 8.29. The van der Waals surface area contributed by atoms with E-state index in [1.165, 1.54) is 25.7 Å². The van der Waals surface area contributed by atoms with E-state index in [4.69, 9.17) is 5.73 Å². The molecule has 0 aromatic heterocycles. The number of nitrogens with zero attached hydrogens (tertiary/aromatic N) is 1. The van der Waals surface area contributed by atoms with Crippen LogP contribution in [0.2, 0.25) is 0 Å². The van der Waals surface area contributed by atoms with Crippen LogP contribution in [0, 0.1) is 0 Å². The third kappa shape index (κ3) is 7.16. The van der Waals surface area contributed by atoms with Crippen molar-refractivity contribution in [2.24, 2.45) is 0 Å². The molecule has 0 aliphatic carbocycles. The number of benzene rings is 1. The van der Waals surface area contributed by atoms with Crippen LogP contribution in [0.5, 0.6) is 0 Å². The molecule has 0 spiro atoms. The van der Waals surface area contributed by atoms with Crippen LogP contribution in [-0.4, -0.2) is 23.9 Å². The Balaban J connectivity index is 2.53. The highest BCUT2D eigenvalue weighted by Gasteiger charge is 2.13. The zero-order chi connectivity index (χ0) is 15.5. The molecule has 1 aromatic rings. The summed E-state index contributed by atoms with van der Waals surface area (Å²) in [5.41, 5.74) is 7.47. The summed E-state index contributed by atoms with van der Waals surface area (Å²) in [6.45, 7) is 6.17. The lowest BCUT2D eigenvalue weighted by atomic mass is 10.1. The Labute approximate surface area is 129 Å². The minimum absolute atomic E-state index is 0.243. The van der Waals surface area contributed by atoms with Crippen molar-refractivity contribution in [2.45, 2.75) is 58.8 Å². The van der Waals surface area contributed by atoms with Gasteiger partial charge in [-0.1, -0.05) is 51.7 Å². The molecule has 2 N–H and O–H groups in total. The quantitative estimate of drug-likeness (QED) is 0.522. The maximum Gasteiger partial charge on any atom is 0.226 e. The third-order valence-corrected chi connectivity index (χ3v) is 3.75. The van der Waals surface area contributed by atoms with Crippen molar-refractivity contribution in [3.05, 3.63) is 29.8 Å². The number of hydrogen-bond donors (Lipinski definition) is 1. The number of nitrogens with two attached hydrogens (primary N) is 1. The van der Waals surface area contributed by atoms with Crippen LogP contribution >= 0.6 is 0 Å². The molecule has 1 aromatic carbocycles. The average Bonchev–Trinajstić information content (AvgIpc) is 2.48. The van der Waals surface area contributed by atoms with Gasteiger partial charge in [-0.25, -0.2) is 0 Å².